The van der Waals surface area contributed by atoms with E-state index in [1.54, 1.807) is 43.3 Å². The Hall–Kier alpha value is -1.55. The number of sulfonamides is 1. The van der Waals surface area contributed by atoms with Crippen LogP contribution < -0.4 is 0 Å². The molecular formula is C13H17NO2S. The highest BCUT2D eigenvalue weighted by Crippen LogP contribution is 2.16. The molecule has 0 fully saturated rings. The summed E-state index contributed by atoms with van der Waals surface area (Å²) < 4.78 is 25.8. The quantitative estimate of drug-likeness (QED) is 0.755. The normalized spacial score (nSPS) is 11.6. The van der Waals surface area contributed by atoms with Crippen LogP contribution in [-0.2, 0) is 10.0 Å². The predicted octanol–water partition coefficient (Wildman–Crippen LogP) is 2.71. The highest BCUT2D eigenvalue weighted by molar-refractivity contribution is 7.89. The van der Waals surface area contributed by atoms with Crippen LogP contribution in [0.4, 0.5) is 0 Å². The van der Waals surface area contributed by atoms with Crippen LogP contribution in [0, 0.1) is 6.92 Å². The van der Waals surface area contributed by atoms with E-state index in [0.717, 1.165) is 5.56 Å². The molecule has 1 rings (SSSR count). The number of hydrogen-bond acceptors (Lipinski definition) is 2. The predicted molar refractivity (Wildman–Crippen MR) is 70.1 cm³/mol. The third-order valence-electron chi connectivity index (χ3n) is 2.25. The lowest BCUT2D eigenvalue weighted by molar-refractivity contribution is 0.522. The van der Waals surface area contributed by atoms with Gasteiger partial charge < -0.3 is 0 Å². The van der Waals surface area contributed by atoms with Gasteiger partial charge in [0.25, 0.3) is 10.0 Å². The standard InChI is InChI=1S/C13H17NO2S/c1-4-10-14(11-5-2)17(15,16)13-8-6-12(3)7-9-13/h4-9,11H,1,10H2,2-3H3/b11-5+. The fourth-order valence-corrected chi connectivity index (χ4v) is 2.71. The zero-order valence-corrected chi connectivity index (χ0v) is 10.9. The van der Waals surface area contributed by atoms with Crippen molar-refractivity contribution in [3.05, 3.63) is 54.8 Å². The third-order valence-corrected chi connectivity index (χ3v) is 4.01. The van der Waals surface area contributed by atoms with Crippen molar-refractivity contribution in [2.75, 3.05) is 6.54 Å². The van der Waals surface area contributed by atoms with Crippen molar-refractivity contribution in [3.63, 3.8) is 0 Å². The summed E-state index contributed by atoms with van der Waals surface area (Å²) in [5.41, 5.74) is 1.03. The minimum atomic E-state index is -3.47. The summed E-state index contributed by atoms with van der Waals surface area (Å²) in [7, 11) is -3.47. The van der Waals surface area contributed by atoms with E-state index in [1.165, 1.54) is 10.5 Å². The van der Waals surface area contributed by atoms with Gasteiger partial charge in [-0.25, -0.2) is 8.42 Å². The molecule has 17 heavy (non-hydrogen) atoms. The highest BCUT2D eigenvalue weighted by Gasteiger charge is 2.19. The van der Waals surface area contributed by atoms with E-state index >= 15 is 0 Å². The van der Waals surface area contributed by atoms with E-state index in [1.807, 2.05) is 6.92 Å². The monoisotopic (exact) mass is 251 g/mol. The number of benzene rings is 1. The lowest BCUT2D eigenvalue weighted by Gasteiger charge is -2.18. The fourth-order valence-electron chi connectivity index (χ4n) is 1.38. The maximum Gasteiger partial charge on any atom is 0.264 e. The first-order valence-electron chi connectivity index (χ1n) is 5.34. The van der Waals surface area contributed by atoms with Crippen molar-refractivity contribution in [1.29, 1.82) is 0 Å². The van der Waals surface area contributed by atoms with Gasteiger partial charge >= 0.3 is 0 Å². The summed E-state index contributed by atoms with van der Waals surface area (Å²) in [6, 6.07) is 6.80. The molecule has 0 aliphatic carbocycles. The summed E-state index contributed by atoms with van der Waals surface area (Å²) >= 11 is 0. The molecular weight excluding hydrogens is 234 g/mol. The van der Waals surface area contributed by atoms with Gasteiger partial charge in [0.1, 0.15) is 0 Å². The van der Waals surface area contributed by atoms with E-state index in [-0.39, 0.29) is 6.54 Å². The molecule has 0 aliphatic heterocycles. The van der Waals surface area contributed by atoms with Gasteiger partial charge in [-0.3, -0.25) is 4.31 Å². The van der Waals surface area contributed by atoms with Crippen LogP contribution in [0.1, 0.15) is 12.5 Å². The molecule has 0 bridgehead atoms. The second kappa shape index (κ2) is 5.68. The molecule has 3 nitrogen and oxygen atoms in total. The molecule has 0 heterocycles. The van der Waals surface area contributed by atoms with Gasteiger partial charge in [0.05, 0.1) is 11.4 Å². The van der Waals surface area contributed by atoms with Gasteiger partial charge in [-0.05, 0) is 26.0 Å². The van der Waals surface area contributed by atoms with Crippen LogP contribution in [-0.4, -0.2) is 19.3 Å². The van der Waals surface area contributed by atoms with E-state index in [0.29, 0.717) is 4.90 Å². The number of allylic oxidation sites excluding steroid dienone is 1. The Kier molecular flexibility index (Phi) is 4.52. The zero-order valence-electron chi connectivity index (χ0n) is 10.1. The Morgan fingerprint density at radius 3 is 2.35 bits per heavy atom. The molecule has 0 unspecified atom stereocenters. The van der Waals surface area contributed by atoms with Gasteiger partial charge in [-0.2, -0.15) is 0 Å². The van der Waals surface area contributed by atoms with E-state index in [4.69, 9.17) is 0 Å². The Morgan fingerprint density at radius 1 is 1.29 bits per heavy atom. The summed E-state index contributed by atoms with van der Waals surface area (Å²) in [5, 5.41) is 0. The van der Waals surface area contributed by atoms with Crippen molar-refractivity contribution in [2.45, 2.75) is 18.7 Å². The third kappa shape index (κ3) is 3.20. The number of rotatable bonds is 5. The fraction of sp³-hybridized carbons (Fsp3) is 0.231. The SMILES string of the molecule is C=CCN(/C=C/C)S(=O)(=O)c1ccc(C)cc1. The Balaban J connectivity index is 3.15. The van der Waals surface area contributed by atoms with Crippen molar-refractivity contribution in [1.82, 2.24) is 4.31 Å². The maximum absolute atomic E-state index is 12.3. The van der Waals surface area contributed by atoms with Gasteiger partial charge in [0.2, 0.25) is 0 Å². The van der Waals surface area contributed by atoms with Gasteiger partial charge in [0.15, 0.2) is 0 Å². The second-order valence-electron chi connectivity index (χ2n) is 3.66. The molecule has 0 saturated carbocycles. The van der Waals surface area contributed by atoms with Crippen LogP contribution in [0.15, 0.2) is 54.1 Å². The topological polar surface area (TPSA) is 37.4 Å². The Labute approximate surface area is 103 Å². The molecule has 0 spiro atoms. The van der Waals surface area contributed by atoms with Gasteiger partial charge in [-0.15, -0.1) is 6.58 Å². The van der Waals surface area contributed by atoms with Gasteiger partial charge in [-0.1, -0.05) is 29.8 Å². The number of aryl methyl sites for hydroxylation is 1. The minimum Gasteiger partial charge on any atom is -0.270 e. The molecule has 1 aromatic carbocycles. The summed E-state index contributed by atoms with van der Waals surface area (Å²) in [5.74, 6) is 0. The molecule has 0 radical (unpaired) electrons. The summed E-state index contributed by atoms with van der Waals surface area (Å²) in [4.78, 5) is 0.294. The Bertz CT molecular complexity index is 501. The largest absolute Gasteiger partial charge is 0.270 e. The smallest absolute Gasteiger partial charge is 0.264 e. The van der Waals surface area contributed by atoms with E-state index in [2.05, 4.69) is 6.58 Å². The van der Waals surface area contributed by atoms with Crippen LogP contribution in [0.25, 0.3) is 0 Å². The van der Waals surface area contributed by atoms with Gasteiger partial charge in [0, 0.05) is 6.20 Å². The summed E-state index contributed by atoms with van der Waals surface area (Å²) in [6.07, 6.45) is 4.79. The average Bonchev–Trinajstić information content (AvgIpc) is 2.29. The molecule has 0 aromatic heterocycles. The van der Waals surface area contributed by atoms with Crippen LogP contribution in [0.3, 0.4) is 0 Å². The molecule has 0 amide bonds. The number of nitrogens with zero attached hydrogens (tertiary/aromatic N) is 1. The lowest BCUT2D eigenvalue weighted by Crippen LogP contribution is -2.26. The van der Waals surface area contributed by atoms with Crippen molar-refractivity contribution in [3.8, 4) is 0 Å². The zero-order chi connectivity index (χ0) is 12.9. The first-order valence-corrected chi connectivity index (χ1v) is 6.78. The molecule has 4 heteroatoms. The Morgan fingerprint density at radius 2 is 1.88 bits per heavy atom. The lowest BCUT2D eigenvalue weighted by atomic mass is 10.2. The van der Waals surface area contributed by atoms with Crippen LogP contribution in [0.5, 0.6) is 0 Å². The van der Waals surface area contributed by atoms with E-state index < -0.39 is 10.0 Å². The molecule has 0 saturated heterocycles. The van der Waals surface area contributed by atoms with Crippen LogP contribution in [0.2, 0.25) is 0 Å². The molecule has 1 aromatic rings. The molecule has 0 N–H and O–H groups in total. The summed E-state index contributed by atoms with van der Waals surface area (Å²) in [6.45, 7) is 7.53. The minimum absolute atomic E-state index is 0.264. The molecule has 0 atom stereocenters. The van der Waals surface area contributed by atoms with Crippen molar-refractivity contribution < 1.29 is 8.42 Å². The van der Waals surface area contributed by atoms with Crippen molar-refractivity contribution >= 4 is 10.0 Å². The van der Waals surface area contributed by atoms with Crippen LogP contribution >= 0.6 is 0 Å². The first kappa shape index (κ1) is 13.5. The average molecular weight is 251 g/mol. The maximum atomic E-state index is 12.3. The molecule has 92 valence electrons. The highest BCUT2D eigenvalue weighted by atomic mass is 32.2. The second-order valence-corrected chi connectivity index (χ2v) is 5.55. The van der Waals surface area contributed by atoms with Crippen molar-refractivity contribution in [2.24, 2.45) is 0 Å². The molecule has 0 aliphatic rings. The van der Waals surface area contributed by atoms with E-state index in [9.17, 15) is 8.42 Å². The first-order chi connectivity index (χ1) is 8.02. The number of hydrogen-bond donors (Lipinski definition) is 0.